The molecule has 1 N–H and O–H groups in total. The van der Waals surface area contributed by atoms with Gasteiger partial charge >= 0.3 is 6.61 Å². The molecule has 1 heterocycles. The maximum absolute atomic E-state index is 13.1. The number of carbonyl (C=O) groups excluding carboxylic acids is 1. The Bertz CT molecular complexity index is 930. The molecule has 27 heavy (non-hydrogen) atoms. The molecular weight excluding hydrogens is 379 g/mol. The van der Waals surface area contributed by atoms with E-state index in [-0.39, 0.29) is 18.0 Å². The van der Waals surface area contributed by atoms with Crippen molar-refractivity contribution < 1.29 is 27.4 Å². The molecule has 0 saturated heterocycles. The minimum atomic E-state index is -2.99. The Balaban J connectivity index is 1.63. The molecule has 0 aliphatic heterocycles. The summed E-state index contributed by atoms with van der Waals surface area (Å²) < 4.78 is 47.9. The van der Waals surface area contributed by atoms with Gasteiger partial charge in [0.05, 0.1) is 10.6 Å². The first-order chi connectivity index (χ1) is 13.0. The third-order valence-corrected chi connectivity index (χ3v) is 4.41. The summed E-state index contributed by atoms with van der Waals surface area (Å²) >= 11 is 1.18. The number of rotatable bonds is 7. The minimum absolute atomic E-state index is 0.118. The van der Waals surface area contributed by atoms with Crippen LogP contribution in [0.15, 0.2) is 60.0 Å². The van der Waals surface area contributed by atoms with E-state index in [0.717, 1.165) is 5.56 Å². The molecule has 0 saturated carbocycles. The first kappa shape index (κ1) is 18.8. The van der Waals surface area contributed by atoms with Crippen molar-refractivity contribution in [2.75, 3.05) is 5.32 Å². The summed E-state index contributed by atoms with van der Waals surface area (Å²) in [5.41, 5.74) is 0.875. The van der Waals surface area contributed by atoms with Gasteiger partial charge in [0.2, 0.25) is 0 Å². The second-order valence-corrected chi connectivity index (χ2v) is 6.31. The lowest BCUT2D eigenvalue weighted by atomic mass is 10.2. The average molecular weight is 393 g/mol. The smallest absolute Gasteiger partial charge is 0.387 e. The van der Waals surface area contributed by atoms with Crippen molar-refractivity contribution in [1.82, 2.24) is 0 Å². The predicted octanol–water partition coefficient (Wildman–Crippen LogP) is 5.32. The van der Waals surface area contributed by atoms with Crippen LogP contribution in [0, 0.1) is 5.82 Å². The minimum Gasteiger partial charge on any atom is -0.489 e. The van der Waals surface area contributed by atoms with E-state index >= 15 is 0 Å². The van der Waals surface area contributed by atoms with Gasteiger partial charge in [-0.05, 0) is 35.7 Å². The molecule has 0 spiro atoms. The summed E-state index contributed by atoms with van der Waals surface area (Å²) in [6.07, 6.45) is 0. The van der Waals surface area contributed by atoms with Crippen molar-refractivity contribution in [2.45, 2.75) is 13.2 Å². The second-order valence-electron chi connectivity index (χ2n) is 5.39. The van der Waals surface area contributed by atoms with Gasteiger partial charge in [-0.25, -0.2) is 4.39 Å². The zero-order chi connectivity index (χ0) is 19.2. The van der Waals surface area contributed by atoms with Crippen LogP contribution in [-0.2, 0) is 6.61 Å². The van der Waals surface area contributed by atoms with Crippen LogP contribution in [0.1, 0.15) is 15.2 Å². The van der Waals surface area contributed by atoms with E-state index in [9.17, 15) is 18.0 Å². The number of alkyl halides is 2. The summed E-state index contributed by atoms with van der Waals surface area (Å²) in [7, 11) is 0. The monoisotopic (exact) mass is 393 g/mol. The van der Waals surface area contributed by atoms with Gasteiger partial charge in [0.1, 0.15) is 23.9 Å². The van der Waals surface area contributed by atoms with Gasteiger partial charge in [-0.3, -0.25) is 4.79 Å². The summed E-state index contributed by atoms with van der Waals surface area (Å²) in [6, 6.07) is 13.3. The summed E-state index contributed by atoms with van der Waals surface area (Å²) in [6.45, 7) is -2.82. The number of ether oxygens (including phenoxy) is 2. The largest absolute Gasteiger partial charge is 0.489 e. The van der Waals surface area contributed by atoms with E-state index in [1.165, 1.54) is 47.7 Å². The first-order valence-electron chi connectivity index (χ1n) is 7.82. The molecule has 0 aliphatic rings. The van der Waals surface area contributed by atoms with Crippen LogP contribution < -0.4 is 14.8 Å². The normalized spacial score (nSPS) is 10.7. The molecule has 0 fully saturated rings. The Hall–Kier alpha value is -3.00. The maximum Gasteiger partial charge on any atom is 0.387 e. The van der Waals surface area contributed by atoms with Gasteiger partial charge in [-0.1, -0.05) is 18.2 Å². The van der Waals surface area contributed by atoms with Crippen molar-refractivity contribution in [3.63, 3.8) is 0 Å². The van der Waals surface area contributed by atoms with Crippen molar-refractivity contribution >= 4 is 22.9 Å². The van der Waals surface area contributed by atoms with Crippen molar-refractivity contribution in [1.29, 1.82) is 0 Å². The second kappa shape index (κ2) is 8.59. The van der Waals surface area contributed by atoms with Gasteiger partial charge in [0, 0.05) is 11.6 Å². The Labute approximate surface area is 157 Å². The first-order valence-corrected chi connectivity index (χ1v) is 8.70. The number of amides is 1. The quantitative estimate of drug-likeness (QED) is 0.591. The molecule has 8 heteroatoms. The zero-order valence-corrected chi connectivity index (χ0v) is 14.6. The highest BCUT2D eigenvalue weighted by Gasteiger charge is 2.14. The molecule has 0 radical (unpaired) electrons. The molecule has 140 valence electrons. The van der Waals surface area contributed by atoms with Crippen molar-refractivity contribution in [3.8, 4) is 11.5 Å². The highest BCUT2D eigenvalue weighted by atomic mass is 32.1. The number of hydrogen-bond donors (Lipinski definition) is 1. The molecule has 0 atom stereocenters. The lowest BCUT2D eigenvalue weighted by molar-refractivity contribution is -0.0493. The molecule has 1 amide bonds. The molecule has 3 aromatic rings. The van der Waals surface area contributed by atoms with E-state index < -0.39 is 18.3 Å². The fourth-order valence-corrected chi connectivity index (χ4v) is 3.04. The topological polar surface area (TPSA) is 47.6 Å². The van der Waals surface area contributed by atoms with Crippen molar-refractivity contribution in [3.05, 3.63) is 76.2 Å². The molecule has 3 rings (SSSR count). The van der Waals surface area contributed by atoms with Crippen LogP contribution >= 0.6 is 11.3 Å². The Kier molecular flexibility index (Phi) is 5.97. The average Bonchev–Trinajstić information content (AvgIpc) is 3.10. The van der Waals surface area contributed by atoms with Crippen LogP contribution in [0.4, 0.5) is 18.9 Å². The van der Waals surface area contributed by atoms with Gasteiger partial charge in [-0.2, -0.15) is 8.78 Å². The zero-order valence-electron chi connectivity index (χ0n) is 13.8. The van der Waals surface area contributed by atoms with Gasteiger partial charge in [0.25, 0.3) is 5.91 Å². The van der Waals surface area contributed by atoms with Gasteiger partial charge in [0.15, 0.2) is 0 Å². The van der Waals surface area contributed by atoms with Crippen LogP contribution in [-0.4, -0.2) is 12.5 Å². The molecule has 4 nitrogen and oxygen atoms in total. The molecule has 0 aliphatic carbocycles. The standard InChI is InChI=1S/C19H14F3NO3S/c20-13-4-3-5-14(9-13)25-10-12-8-17(27-11-12)18(24)23-15-6-1-2-7-16(15)26-19(21)22/h1-9,11,19H,10H2,(H,23,24). The molecule has 1 aromatic heterocycles. The number of nitrogens with one attached hydrogen (secondary N) is 1. The number of thiophene rings is 1. The van der Waals surface area contributed by atoms with Crippen LogP contribution in [0.25, 0.3) is 0 Å². The number of hydrogen-bond acceptors (Lipinski definition) is 4. The third kappa shape index (κ3) is 5.24. The molecule has 0 bridgehead atoms. The lowest BCUT2D eigenvalue weighted by Gasteiger charge is -2.10. The number of anilines is 1. The van der Waals surface area contributed by atoms with E-state index in [4.69, 9.17) is 4.74 Å². The SMILES string of the molecule is O=C(Nc1ccccc1OC(F)F)c1cc(COc2cccc(F)c2)cs1. The lowest BCUT2D eigenvalue weighted by Crippen LogP contribution is -2.12. The summed E-state index contributed by atoms with van der Waals surface area (Å²) in [4.78, 5) is 12.7. The van der Waals surface area contributed by atoms with E-state index in [0.29, 0.717) is 10.6 Å². The van der Waals surface area contributed by atoms with Crippen molar-refractivity contribution in [2.24, 2.45) is 0 Å². The van der Waals surface area contributed by atoms with Gasteiger partial charge in [-0.15, -0.1) is 11.3 Å². The molecule has 0 unspecified atom stereocenters. The highest BCUT2D eigenvalue weighted by Crippen LogP contribution is 2.27. The molecular formula is C19H14F3NO3S. The molecule has 2 aromatic carbocycles. The Morgan fingerprint density at radius 3 is 2.70 bits per heavy atom. The van der Waals surface area contributed by atoms with Crippen LogP contribution in [0.2, 0.25) is 0 Å². The highest BCUT2D eigenvalue weighted by molar-refractivity contribution is 7.12. The van der Waals surface area contributed by atoms with E-state index in [1.54, 1.807) is 23.6 Å². The van der Waals surface area contributed by atoms with E-state index in [2.05, 4.69) is 10.1 Å². The fraction of sp³-hybridized carbons (Fsp3) is 0.105. The third-order valence-electron chi connectivity index (χ3n) is 3.43. The maximum atomic E-state index is 13.1. The fourth-order valence-electron chi connectivity index (χ4n) is 2.25. The summed E-state index contributed by atoms with van der Waals surface area (Å²) in [5, 5.41) is 4.28. The number of para-hydroxylation sites is 2. The van der Waals surface area contributed by atoms with E-state index in [1.807, 2.05) is 0 Å². The van der Waals surface area contributed by atoms with Crippen LogP contribution in [0.5, 0.6) is 11.5 Å². The number of carbonyl (C=O) groups is 1. The number of benzene rings is 2. The number of halogens is 3. The Morgan fingerprint density at radius 2 is 1.93 bits per heavy atom. The summed E-state index contributed by atoms with van der Waals surface area (Å²) in [5.74, 6) is -0.595. The predicted molar refractivity (Wildman–Crippen MR) is 96.1 cm³/mol. The van der Waals surface area contributed by atoms with Crippen LogP contribution in [0.3, 0.4) is 0 Å². The Morgan fingerprint density at radius 1 is 1.11 bits per heavy atom. The van der Waals surface area contributed by atoms with Gasteiger partial charge < -0.3 is 14.8 Å².